The van der Waals surface area contributed by atoms with Gasteiger partial charge in [0, 0.05) is 13.1 Å². The Balaban J connectivity index is 1.94. The number of benzene rings is 1. The van der Waals surface area contributed by atoms with Crippen molar-refractivity contribution in [3.8, 4) is 0 Å². The Kier molecular flexibility index (Phi) is 5.21. The third kappa shape index (κ3) is 4.11. The van der Waals surface area contributed by atoms with Gasteiger partial charge in [0.25, 0.3) is 0 Å². The third-order valence-electron chi connectivity index (χ3n) is 4.01. The molecular formula is C16H26N2. The number of nitrogens with two attached hydrogens (primary N) is 1. The van der Waals surface area contributed by atoms with Crippen molar-refractivity contribution in [3.63, 3.8) is 0 Å². The summed E-state index contributed by atoms with van der Waals surface area (Å²) in [5, 5.41) is 0. The fraction of sp³-hybridized carbons (Fsp3) is 0.625. The van der Waals surface area contributed by atoms with Crippen LogP contribution in [0.25, 0.3) is 0 Å². The van der Waals surface area contributed by atoms with Crippen LogP contribution in [0.1, 0.15) is 31.7 Å². The van der Waals surface area contributed by atoms with Crippen LogP contribution in [-0.4, -0.2) is 24.5 Å². The maximum atomic E-state index is 5.74. The molecule has 0 saturated carbocycles. The van der Waals surface area contributed by atoms with E-state index in [0.29, 0.717) is 0 Å². The van der Waals surface area contributed by atoms with E-state index in [-0.39, 0.29) is 0 Å². The monoisotopic (exact) mass is 246 g/mol. The van der Waals surface area contributed by atoms with E-state index in [1.165, 1.54) is 37.9 Å². The molecule has 0 bridgehead atoms. The first-order valence-corrected chi connectivity index (χ1v) is 7.24. The minimum Gasteiger partial charge on any atom is -0.330 e. The van der Waals surface area contributed by atoms with Crippen molar-refractivity contribution in [1.29, 1.82) is 0 Å². The van der Waals surface area contributed by atoms with Gasteiger partial charge in [0.05, 0.1) is 0 Å². The molecule has 1 aromatic carbocycles. The molecule has 1 aliphatic heterocycles. The van der Waals surface area contributed by atoms with Crippen molar-refractivity contribution < 1.29 is 0 Å². The highest BCUT2D eigenvalue weighted by atomic mass is 15.1. The SMILES string of the molecule is CC1CCN(Cc2ccccc2)CC(CCN)C1. The van der Waals surface area contributed by atoms with E-state index in [1.54, 1.807) is 0 Å². The lowest BCUT2D eigenvalue weighted by atomic mass is 9.93. The molecule has 0 aromatic heterocycles. The number of nitrogens with zero attached hydrogens (tertiary/aromatic N) is 1. The molecule has 1 aromatic rings. The lowest BCUT2D eigenvalue weighted by Crippen LogP contribution is -2.28. The van der Waals surface area contributed by atoms with Crippen molar-refractivity contribution in [1.82, 2.24) is 4.90 Å². The minimum atomic E-state index is 0.788. The molecule has 2 rings (SSSR count). The predicted molar refractivity (Wildman–Crippen MR) is 77.3 cm³/mol. The van der Waals surface area contributed by atoms with Crippen LogP contribution in [0.15, 0.2) is 30.3 Å². The van der Waals surface area contributed by atoms with Crippen molar-refractivity contribution >= 4 is 0 Å². The Morgan fingerprint density at radius 2 is 2.06 bits per heavy atom. The van der Waals surface area contributed by atoms with Crippen LogP contribution in [0.5, 0.6) is 0 Å². The maximum Gasteiger partial charge on any atom is 0.0233 e. The average molecular weight is 246 g/mol. The second-order valence-corrected chi connectivity index (χ2v) is 5.79. The first-order chi connectivity index (χ1) is 8.78. The van der Waals surface area contributed by atoms with Gasteiger partial charge in [-0.15, -0.1) is 0 Å². The van der Waals surface area contributed by atoms with Crippen molar-refractivity contribution in [2.75, 3.05) is 19.6 Å². The molecule has 100 valence electrons. The number of hydrogen-bond donors (Lipinski definition) is 1. The largest absolute Gasteiger partial charge is 0.330 e. The molecule has 0 amide bonds. The second-order valence-electron chi connectivity index (χ2n) is 5.79. The van der Waals surface area contributed by atoms with E-state index < -0.39 is 0 Å². The smallest absolute Gasteiger partial charge is 0.0233 e. The van der Waals surface area contributed by atoms with E-state index in [9.17, 15) is 0 Å². The summed E-state index contributed by atoms with van der Waals surface area (Å²) < 4.78 is 0. The minimum absolute atomic E-state index is 0.788. The zero-order chi connectivity index (χ0) is 12.8. The quantitative estimate of drug-likeness (QED) is 0.885. The summed E-state index contributed by atoms with van der Waals surface area (Å²) in [6.07, 6.45) is 3.85. The molecule has 18 heavy (non-hydrogen) atoms. The Hall–Kier alpha value is -0.860. The van der Waals surface area contributed by atoms with Gasteiger partial charge in [-0.25, -0.2) is 0 Å². The normalized spacial score (nSPS) is 25.9. The van der Waals surface area contributed by atoms with E-state index >= 15 is 0 Å². The van der Waals surface area contributed by atoms with Crippen LogP contribution in [0.3, 0.4) is 0 Å². The summed E-state index contributed by atoms with van der Waals surface area (Å²) in [4.78, 5) is 2.61. The van der Waals surface area contributed by atoms with E-state index in [4.69, 9.17) is 5.73 Å². The molecule has 2 nitrogen and oxygen atoms in total. The van der Waals surface area contributed by atoms with Crippen LogP contribution in [-0.2, 0) is 6.54 Å². The van der Waals surface area contributed by atoms with Gasteiger partial charge >= 0.3 is 0 Å². The molecule has 2 heteroatoms. The molecule has 1 saturated heterocycles. The van der Waals surface area contributed by atoms with Crippen LogP contribution < -0.4 is 5.73 Å². The molecule has 2 unspecified atom stereocenters. The van der Waals surface area contributed by atoms with E-state index in [0.717, 1.165) is 24.9 Å². The van der Waals surface area contributed by atoms with E-state index in [1.807, 2.05) is 0 Å². The lowest BCUT2D eigenvalue weighted by Gasteiger charge is -2.24. The van der Waals surface area contributed by atoms with Crippen LogP contribution in [0, 0.1) is 11.8 Å². The molecule has 0 aliphatic carbocycles. The maximum absolute atomic E-state index is 5.74. The summed E-state index contributed by atoms with van der Waals surface area (Å²) in [7, 11) is 0. The molecule has 0 spiro atoms. The van der Waals surface area contributed by atoms with E-state index in [2.05, 4.69) is 42.2 Å². The average Bonchev–Trinajstić information content (AvgIpc) is 2.53. The molecular weight excluding hydrogens is 220 g/mol. The molecule has 1 fully saturated rings. The van der Waals surface area contributed by atoms with Crippen molar-refractivity contribution in [3.05, 3.63) is 35.9 Å². The fourth-order valence-electron chi connectivity index (χ4n) is 3.05. The van der Waals surface area contributed by atoms with Gasteiger partial charge in [-0.1, -0.05) is 37.3 Å². The van der Waals surface area contributed by atoms with Crippen molar-refractivity contribution in [2.24, 2.45) is 17.6 Å². The summed E-state index contributed by atoms with van der Waals surface area (Å²) in [6.45, 7) is 6.76. The summed E-state index contributed by atoms with van der Waals surface area (Å²) in [5.41, 5.74) is 7.16. The van der Waals surface area contributed by atoms with Crippen LogP contribution in [0.4, 0.5) is 0 Å². The standard InChI is InChI=1S/C16H26N2/c1-14-8-10-18(13-16(11-14)7-9-17)12-15-5-3-2-4-6-15/h2-6,14,16H,7-13,17H2,1H3. The molecule has 2 atom stereocenters. The molecule has 1 heterocycles. The van der Waals surface area contributed by atoms with Crippen molar-refractivity contribution in [2.45, 2.75) is 32.7 Å². The lowest BCUT2D eigenvalue weighted by molar-refractivity contribution is 0.236. The predicted octanol–water partition coefficient (Wildman–Crippen LogP) is 2.88. The zero-order valence-corrected chi connectivity index (χ0v) is 11.5. The Bertz CT molecular complexity index is 336. The number of rotatable bonds is 4. The first kappa shape index (κ1) is 13.6. The highest BCUT2D eigenvalue weighted by Gasteiger charge is 2.21. The van der Waals surface area contributed by atoms with Crippen LogP contribution >= 0.6 is 0 Å². The number of hydrogen-bond acceptors (Lipinski definition) is 2. The van der Waals surface area contributed by atoms with Gasteiger partial charge < -0.3 is 5.73 Å². The zero-order valence-electron chi connectivity index (χ0n) is 11.5. The highest BCUT2D eigenvalue weighted by Crippen LogP contribution is 2.24. The highest BCUT2D eigenvalue weighted by molar-refractivity contribution is 5.14. The van der Waals surface area contributed by atoms with Gasteiger partial charge in [0.1, 0.15) is 0 Å². The summed E-state index contributed by atoms with van der Waals surface area (Å²) in [5.74, 6) is 1.64. The molecule has 0 radical (unpaired) electrons. The molecule has 2 N–H and O–H groups in total. The van der Waals surface area contributed by atoms with Gasteiger partial charge in [-0.05, 0) is 49.8 Å². The van der Waals surface area contributed by atoms with Gasteiger partial charge in [0.15, 0.2) is 0 Å². The number of likely N-dealkylation sites (tertiary alicyclic amines) is 1. The van der Waals surface area contributed by atoms with Gasteiger partial charge in [-0.3, -0.25) is 4.90 Å². The van der Waals surface area contributed by atoms with Gasteiger partial charge in [-0.2, -0.15) is 0 Å². The Morgan fingerprint density at radius 1 is 1.28 bits per heavy atom. The topological polar surface area (TPSA) is 29.3 Å². The first-order valence-electron chi connectivity index (χ1n) is 7.24. The third-order valence-corrected chi connectivity index (χ3v) is 4.01. The Morgan fingerprint density at radius 3 is 2.78 bits per heavy atom. The summed E-state index contributed by atoms with van der Waals surface area (Å²) >= 11 is 0. The summed E-state index contributed by atoms with van der Waals surface area (Å²) in [6, 6.07) is 10.8. The second kappa shape index (κ2) is 6.91. The Labute approximate surface area is 111 Å². The van der Waals surface area contributed by atoms with Gasteiger partial charge in [0.2, 0.25) is 0 Å². The fourth-order valence-corrected chi connectivity index (χ4v) is 3.05. The van der Waals surface area contributed by atoms with Crippen LogP contribution in [0.2, 0.25) is 0 Å². The molecule has 1 aliphatic rings.